The lowest BCUT2D eigenvalue weighted by Crippen LogP contribution is -2.16. The molecule has 0 radical (unpaired) electrons. The molecule has 5 heteroatoms. The first-order valence-electron chi connectivity index (χ1n) is 9.71. The van der Waals surface area contributed by atoms with Gasteiger partial charge in [0.25, 0.3) is 5.91 Å². The summed E-state index contributed by atoms with van der Waals surface area (Å²) in [5, 5.41) is 6.32. The van der Waals surface area contributed by atoms with Crippen molar-refractivity contribution >= 4 is 17.4 Å². The number of nitrogens with one attached hydrogen (secondary N) is 2. The van der Waals surface area contributed by atoms with Crippen LogP contribution < -0.4 is 10.6 Å². The fraction of sp³-hybridized carbons (Fsp3) is 0.261. The minimum absolute atomic E-state index is 0.240. The van der Waals surface area contributed by atoms with Crippen LogP contribution in [0.5, 0.6) is 0 Å². The van der Waals surface area contributed by atoms with Gasteiger partial charge in [0.05, 0.1) is 0 Å². The van der Waals surface area contributed by atoms with Crippen molar-refractivity contribution in [2.45, 2.75) is 38.6 Å². The average Bonchev–Trinajstić information content (AvgIpc) is 3.53. The Kier molecular flexibility index (Phi) is 5.06. The molecule has 0 spiro atoms. The van der Waals surface area contributed by atoms with Gasteiger partial charge in [-0.1, -0.05) is 56.3 Å². The van der Waals surface area contributed by atoms with Crippen molar-refractivity contribution in [3.8, 4) is 11.4 Å². The lowest BCUT2D eigenvalue weighted by Gasteiger charge is -2.11. The zero-order chi connectivity index (χ0) is 19.5. The van der Waals surface area contributed by atoms with Gasteiger partial charge >= 0.3 is 0 Å². The summed E-state index contributed by atoms with van der Waals surface area (Å²) in [5.41, 5.74) is 3.23. The second-order valence-corrected chi connectivity index (χ2v) is 7.48. The van der Waals surface area contributed by atoms with Crippen molar-refractivity contribution < 1.29 is 4.79 Å². The van der Waals surface area contributed by atoms with Crippen LogP contribution in [0.15, 0.2) is 60.7 Å². The molecule has 0 atom stereocenters. The highest BCUT2D eigenvalue weighted by molar-refractivity contribution is 6.03. The number of nitrogens with zero attached hydrogens (tertiary/aromatic N) is 2. The summed E-state index contributed by atoms with van der Waals surface area (Å²) in [4.78, 5) is 22.0. The van der Waals surface area contributed by atoms with E-state index in [9.17, 15) is 4.79 Å². The molecule has 2 N–H and O–H groups in total. The second-order valence-electron chi connectivity index (χ2n) is 7.48. The van der Waals surface area contributed by atoms with Crippen molar-refractivity contribution in [1.82, 2.24) is 9.97 Å². The summed E-state index contributed by atoms with van der Waals surface area (Å²) in [6.45, 7) is 4.29. The maximum absolute atomic E-state index is 12.8. The molecule has 28 heavy (non-hydrogen) atoms. The van der Waals surface area contributed by atoms with Gasteiger partial charge in [-0.2, -0.15) is 0 Å². The summed E-state index contributed by atoms with van der Waals surface area (Å²) in [6, 6.07) is 19.8. The predicted molar refractivity (Wildman–Crippen MR) is 113 cm³/mol. The quantitative estimate of drug-likeness (QED) is 0.632. The molecule has 142 valence electrons. The van der Waals surface area contributed by atoms with Crippen LogP contribution in [-0.4, -0.2) is 21.9 Å². The summed E-state index contributed by atoms with van der Waals surface area (Å²) in [6.07, 6.45) is 2.27. The SMILES string of the molecule is CC(C)c1ccc(NC(=O)c2cc(NC3CC3)nc(-c3ccccc3)n2)cc1. The Labute approximate surface area is 165 Å². The molecule has 1 heterocycles. The number of benzene rings is 2. The molecular formula is C23H24N4O. The molecule has 0 bridgehead atoms. The van der Waals surface area contributed by atoms with Crippen molar-refractivity contribution in [2.75, 3.05) is 10.6 Å². The minimum Gasteiger partial charge on any atom is -0.367 e. The molecule has 1 fully saturated rings. The predicted octanol–water partition coefficient (Wildman–Crippen LogP) is 5.09. The van der Waals surface area contributed by atoms with Crippen LogP contribution in [0.1, 0.15) is 48.7 Å². The largest absolute Gasteiger partial charge is 0.367 e. The van der Waals surface area contributed by atoms with Gasteiger partial charge in [0.15, 0.2) is 5.82 Å². The van der Waals surface area contributed by atoms with Crippen LogP contribution in [0.25, 0.3) is 11.4 Å². The normalized spacial score (nSPS) is 13.4. The fourth-order valence-electron chi connectivity index (χ4n) is 2.94. The van der Waals surface area contributed by atoms with Gasteiger partial charge in [0.1, 0.15) is 11.5 Å². The standard InChI is InChI=1S/C23H24N4O/c1-15(2)16-8-10-19(11-9-16)25-23(28)20-14-21(24-18-12-13-18)27-22(26-20)17-6-4-3-5-7-17/h3-11,14-15,18H,12-13H2,1-2H3,(H,25,28)(H,24,26,27). The molecule has 3 aromatic rings. The van der Waals surface area contributed by atoms with Crippen molar-refractivity contribution in [2.24, 2.45) is 0 Å². The average molecular weight is 372 g/mol. The number of rotatable bonds is 6. The lowest BCUT2D eigenvalue weighted by atomic mass is 10.0. The number of anilines is 2. The number of amides is 1. The van der Waals surface area contributed by atoms with E-state index in [1.54, 1.807) is 6.07 Å². The van der Waals surface area contributed by atoms with Gasteiger partial charge in [-0.25, -0.2) is 9.97 Å². The first-order chi connectivity index (χ1) is 13.6. The molecule has 1 aliphatic rings. The van der Waals surface area contributed by atoms with E-state index in [4.69, 9.17) is 0 Å². The maximum atomic E-state index is 12.8. The molecule has 0 aliphatic heterocycles. The first-order valence-corrected chi connectivity index (χ1v) is 9.71. The zero-order valence-corrected chi connectivity index (χ0v) is 16.1. The molecular weight excluding hydrogens is 348 g/mol. The zero-order valence-electron chi connectivity index (χ0n) is 16.1. The highest BCUT2D eigenvalue weighted by Crippen LogP contribution is 2.26. The van der Waals surface area contributed by atoms with Gasteiger partial charge in [-0.15, -0.1) is 0 Å². The molecule has 0 saturated heterocycles. The highest BCUT2D eigenvalue weighted by Gasteiger charge is 2.23. The Balaban J connectivity index is 1.60. The summed E-state index contributed by atoms with van der Waals surface area (Å²) in [7, 11) is 0. The van der Waals surface area contributed by atoms with Crippen LogP contribution in [-0.2, 0) is 0 Å². The van der Waals surface area contributed by atoms with Gasteiger partial charge in [0, 0.05) is 23.4 Å². The third-order valence-electron chi connectivity index (χ3n) is 4.76. The van der Waals surface area contributed by atoms with E-state index < -0.39 is 0 Å². The van der Waals surface area contributed by atoms with E-state index in [0.29, 0.717) is 29.3 Å². The molecule has 1 aliphatic carbocycles. The van der Waals surface area contributed by atoms with Crippen LogP contribution >= 0.6 is 0 Å². The van der Waals surface area contributed by atoms with Crippen LogP contribution in [0.2, 0.25) is 0 Å². The van der Waals surface area contributed by atoms with E-state index in [1.165, 1.54) is 5.56 Å². The van der Waals surface area contributed by atoms with E-state index in [2.05, 4.69) is 34.4 Å². The fourth-order valence-corrected chi connectivity index (χ4v) is 2.94. The smallest absolute Gasteiger partial charge is 0.274 e. The third-order valence-corrected chi connectivity index (χ3v) is 4.76. The van der Waals surface area contributed by atoms with Crippen LogP contribution in [0, 0.1) is 0 Å². The van der Waals surface area contributed by atoms with E-state index in [1.807, 2.05) is 54.6 Å². The first kappa shape index (κ1) is 18.2. The Bertz CT molecular complexity index is 964. The highest BCUT2D eigenvalue weighted by atomic mass is 16.1. The van der Waals surface area contributed by atoms with Crippen molar-refractivity contribution in [3.63, 3.8) is 0 Å². The lowest BCUT2D eigenvalue weighted by molar-refractivity contribution is 0.102. The minimum atomic E-state index is -0.240. The molecule has 5 nitrogen and oxygen atoms in total. The third kappa shape index (κ3) is 4.36. The Morgan fingerprint density at radius 1 is 1.00 bits per heavy atom. The maximum Gasteiger partial charge on any atom is 0.274 e. The van der Waals surface area contributed by atoms with Gasteiger partial charge in [-0.3, -0.25) is 4.79 Å². The Hall–Kier alpha value is -3.21. The number of aromatic nitrogens is 2. The summed E-state index contributed by atoms with van der Waals surface area (Å²) < 4.78 is 0. The van der Waals surface area contributed by atoms with E-state index >= 15 is 0 Å². The molecule has 1 amide bonds. The molecule has 4 rings (SSSR count). The number of hydrogen-bond acceptors (Lipinski definition) is 4. The van der Waals surface area contributed by atoms with E-state index in [-0.39, 0.29) is 5.91 Å². The van der Waals surface area contributed by atoms with Crippen LogP contribution in [0.3, 0.4) is 0 Å². The summed E-state index contributed by atoms with van der Waals surface area (Å²) >= 11 is 0. The van der Waals surface area contributed by atoms with Crippen molar-refractivity contribution in [3.05, 3.63) is 71.9 Å². The summed E-state index contributed by atoms with van der Waals surface area (Å²) in [5.74, 6) is 1.45. The van der Waals surface area contributed by atoms with Crippen LogP contribution in [0.4, 0.5) is 11.5 Å². The number of carbonyl (C=O) groups is 1. The number of hydrogen-bond donors (Lipinski definition) is 2. The monoisotopic (exact) mass is 372 g/mol. The molecule has 1 aromatic heterocycles. The molecule has 1 saturated carbocycles. The topological polar surface area (TPSA) is 66.9 Å². The number of carbonyl (C=O) groups excluding carboxylic acids is 1. The molecule has 0 unspecified atom stereocenters. The Morgan fingerprint density at radius 3 is 2.36 bits per heavy atom. The molecule has 2 aromatic carbocycles. The van der Waals surface area contributed by atoms with Gasteiger partial charge in [0.2, 0.25) is 0 Å². The van der Waals surface area contributed by atoms with Gasteiger partial charge < -0.3 is 10.6 Å². The van der Waals surface area contributed by atoms with Crippen molar-refractivity contribution in [1.29, 1.82) is 0 Å². The van der Waals surface area contributed by atoms with E-state index in [0.717, 1.165) is 24.1 Å². The van der Waals surface area contributed by atoms with Gasteiger partial charge in [-0.05, 0) is 36.5 Å². The second kappa shape index (κ2) is 7.80. The Morgan fingerprint density at radius 2 is 1.71 bits per heavy atom.